The van der Waals surface area contributed by atoms with E-state index >= 15 is 0 Å². The molecule has 0 saturated carbocycles. The van der Waals surface area contributed by atoms with Gasteiger partial charge in [0.05, 0.1) is 10.7 Å². The number of amides is 3. The van der Waals surface area contributed by atoms with E-state index in [-0.39, 0.29) is 18.1 Å². The van der Waals surface area contributed by atoms with Gasteiger partial charge in [-0.15, -0.1) is 6.58 Å². The van der Waals surface area contributed by atoms with E-state index in [1.165, 1.54) is 6.08 Å². The van der Waals surface area contributed by atoms with Gasteiger partial charge >= 0.3 is 6.03 Å². The highest BCUT2D eigenvalue weighted by Gasteiger charge is 2.32. The molecular weight excluding hydrogens is 338 g/mol. The van der Waals surface area contributed by atoms with E-state index in [1.54, 1.807) is 6.08 Å². The fourth-order valence-corrected chi connectivity index (χ4v) is 3.18. The number of urea groups is 1. The molecule has 0 atom stereocenters. The summed E-state index contributed by atoms with van der Waals surface area (Å²) >= 11 is 6.32. The van der Waals surface area contributed by atoms with Gasteiger partial charge in [0.2, 0.25) is 0 Å². The van der Waals surface area contributed by atoms with E-state index in [9.17, 15) is 9.59 Å². The monoisotopic (exact) mass is 355 g/mol. The standard InChI is InChI=1S/C19H18ClN3O2/c1-4-9-22-18(24)16(21-19(22)25)11-14-10-12(2)23(13(14)3)17-8-6-5-7-15(17)20/h4-8,10-11H,1,9H2,2-3H3,(H,21,25)/b16-11+. The maximum atomic E-state index is 12.3. The van der Waals surface area contributed by atoms with Crippen LogP contribution in [0, 0.1) is 13.8 Å². The zero-order valence-electron chi connectivity index (χ0n) is 14.0. The molecule has 1 N–H and O–H groups in total. The molecule has 3 rings (SSSR count). The summed E-state index contributed by atoms with van der Waals surface area (Å²) in [7, 11) is 0. The number of aryl methyl sites for hydroxylation is 1. The van der Waals surface area contributed by atoms with E-state index in [1.807, 2.05) is 48.7 Å². The molecule has 0 radical (unpaired) electrons. The van der Waals surface area contributed by atoms with Crippen LogP contribution in [0.1, 0.15) is 17.0 Å². The molecule has 0 bridgehead atoms. The van der Waals surface area contributed by atoms with Crippen LogP contribution in [0.2, 0.25) is 5.02 Å². The average molecular weight is 356 g/mol. The predicted molar refractivity (Wildman–Crippen MR) is 98.7 cm³/mol. The molecule has 25 heavy (non-hydrogen) atoms. The Morgan fingerprint density at radius 2 is 1.96 bits per heavy atom. The second-order valence-corrected chi connectivity index (χ2v) is 6.21. The van der Waals surface area contributed by atoms with Crippen molar-refractivity contribution in [2.24, 2.45) is 0 Å². The highest BCUT2D eigenvalue weighted by molar-refractivity contribution is 6.32. The van der Waals surface area contributed by atoms with E-state index in [0.29, 0.717) is 5.02 Å². The predicted octanol–water partition coefficient (Wildman–Crippen LogP) is 3.83. The van der Waals surface area contributed by atoms with E-state index in [2.05, 4.69) is 11.9 Å². The van der Waals surface area contributed by atoms with Gasteiger partial charge < -0.3 is 9.88 Å². The number of imide groups is 1. The second-order valence-electron chi connectivity index (χ2n) is 5.81. The Bertz CT molecular complexity index is 911. The lowest BCUT2D eigenvalue weighted by Crippen LogP contribution is -2.30. The zero-order chi connectivity index (χ0) is 18.1. The van der Waals surface area contributed by atoms with Crippen LogP contribution in [0.5, 0.6) is 0 Å². The van der Waals surface area contributed by atoms with E-state index < -0.39 is 6.03 Å². The largest absolute Gasteiger partial charge is 0.329 e. The summed E-state index contributed by atoms with van der Waals surface area (Å²) in [5.74, 6) is -0.354. The smallest absolute Gasteiger partial charge is 0.316 e. The van der Waals surface area contributed by atoms with Crippen molar-refractivity contribution in [1.29, 1.82) is 0 Å². The van der Waals surface area contributed by atoms with E-state index in [0.717, 1.165) is 27.5 Å². The molecule has 1 aliphatic heterocycles. The van der Waals surface area contributed by atoms with Crippen molar-refractivity contribution in [1.82, 2.24) is 14.8 Å². The molecule has 1 aliphatic rings. The fourth-order valence-electron chi connectivity index (χ4n) is 2.96. The molecule has 2 heterocycles. The first kappa shape index (κ1) is 17.0. The minimum absolute atomic E-state index is 0.181. The van der Waals surface area contributed by atoms with Crippen molar-refractivity contribution in [3.8, 4) is 5.69 Å². The summed E-state index contributed by atoms with van der Waals surface area (Å²) < 4.78 is 2.03. The van der Waals surface area contributed by atoms with Gasteiger partial charge in [-0.3, -0.25) is 9.69 Å². The molecule has 1 aromatic heterocycles. The number of hydrogen-bond acceptors (Lipinski definition) is 2. The average Bonchev–Trinajstić information content (AvgIpc) is 2.99. The molecule has 2 aromatic rings. The van der Waals surface area contributed by atoms with Crippen molar-refractivity contribution in [3.05, 3.63) is 70.7 Å². The molecule has 0 aliphatic carbocycles. The van der Waals surface area contributed by atoms with Gasteiger partial charge in [-0.1, -0.05) is 29.8 Å². The zero-order valence-corrected chi connectivity index (χ0v) is 14.8. The Morgan fingerprint density at radius 1 is 1.24 bits per heavy atom. The molecule has 0 unspecified atom stereocenters. The van der Waals surface area contributed by atoms with E-state index in [4.69, 9.17) is 11.6 Å². The van der Waals surface area contributed by atoms with Gasteiger partial charge in [0.15, 0.2) is 0 Å². The lowest BCUT2D eigenvalue weighted by molar-refractivity contribution is -0.122. The summed E-state index contributed by atoms with van der Waals surface area (Å²) in [5, 5.41) is 3.25. The number of para-hydroxylation sites is 1. The van der Waals surface area contributed by atoms with Gasteiger partial charge in [-0.05, 0) is 43.7 Å². The normalized spacial score (nSPS) is 15.8. The quantitative estimate of drug-likeness (QED) is 0.515. The number of hydrogen-bond donors (Lipinski definition) is 1. The molecule has 1 saturated heterocycles. The van der Waals surface area contributed by atoms with Gasteiger partial charge in [0.25, 0.3) is 5.91 Å². The Labute approximate surface area is 151 Å². The maximum absolute atomic E-state index is 12.3. The molecular formula is C19H18ClN3O2. The number of rotatable bonds is 4. The SMILES string of the molecule is C=CCN1C(=O)N/C(=C/c2cc(C)n(-c3ccccc3Cl)c2C)C1=O. The lowest BCUT2D eigenvalue weighted by atomic mass is 10.2. The van der Waals surface area contributed by atoms with Crippen LogP contribution in [0.4, 0.5) is 4.79 Å². The number of carbonyl (C=O) groups is 2. The summed E-state index contributed by atoms with van der Waals surface area (Å²) in [4.78, 5) is 25.3. The lowest BCUT2D eigenvalue weighted by Gasteiger charge is -2.11. The summed E-state index contributed by atoms with van der Waals surface area (Å²) in [6.45, 7) is 7.66. The van der Waals surface area contributed by atoms with Crippen LogP contribution in [-0.4, -0.2) is 28.0 Å². The first-order valence-electron chi connectivity index (χ1n) is 7.83. The highest BCUT2D eigenvalue weighted by Crippen LogP contribution is 2.27. The van der Waals surface area contributed by atoms with Gasteiger partial charge in [-0.2, -0.15) is 0 Å². The third-order valence-electron chi connectivity index (χ3n) is 4.14. The molecule has 1 fully saturated rings. The summed E-state index contributed by atoms with van der Waals surface area (Å²) in [5.41, 5.74) is 3.89. The van der Waals surface area contributed by atoms with Crippen LogP contribution in [-0.2, 0) is 4.79 Å². The van der Waals surface area contributed by atoms with Crippen molar-refractivity contribution in [3.63, 3.8) is 0 Å². The summed E-state index contributed by atoms with van der Waals surface area (Å²) in [6.07, 6.45) is 3.21. The van der Waals surface area contributed by atoms with Gasteiger partial charge in [-0.25, -0.2) is 4.79 Å². The molecule has 128 valence electrons. The first-order valence-corrected chi connectivity index (χ1v) is 8.21. The fraction of sp³-hybridized carbons (Fsp3) is 0.158. The maximum Gasteiger partial charge on any atom is 0.329 e. The summed E-state index contributed by atoms with van der Waals surface area (Å²) in [6, 6.07) is 9.10. The Kier molecular flexibility index (Phi) is 4.51. The minimum atomic E-state index is -0.434. The number of nitrogens with zero attached hydrogens (tertiary/aromatic N) is 2. The number of aromatic nitrogens is 1. The van der Waals surface area contributed by atoms with Crippen molar-refractivity contribution >= 4 is 29.6 Å². The minimum Gasteiger partial charge on any atom is -0.316 e. The van der Waals surface area contributed by atoms with Crippen molar-refractivity contribution in [2.45, 2.75) is 13.8 Å². The van der Waals surface area contributed by atoms with Crippen LogP contribution in [0.25, 0.3) is 11.8 Å². The molecule has 1 aromatic carbocycles. The second kappa shape index (κ2) is 6.61. The number of halogens is 1. The van der Waals surface area contributed by atoms with Gasteiger partial charge in [0.1, 0.15) is 5.70 Å². The molecule has 6 heteroatoms. The van der Waals surface area contributed by atoms with Crippen LogP contribution >= 0.6 is 11.6 Å². The number of benzene rings is 1. The Morgan fingerprint density at radius 3 is 2.64 bits per heavy atom. The molecule has 3 amide bonds. The molecule has 0 spiro atoms. The topological polar surface area (TPSA) is 54.3 Å². The van der Waals surface area contributed by atoms with Crippen LogP contribution in [0.15, 0.2) is 48.7 Å². The Balaban J connectivity index is 2.02. The van der Waals surface area contributed by atoms with Crippen molar-refractivity contribution in [2.75, 3.05) is 6.54 Å². The van der Waals surface area contributed by atoms with Crippen LogP contribution < -0.4 is 5.32 Å². The van der Waals surface area contributed by atoms with Crippen LogP contribution in [0.3, 0.4) is 0 Å². The third kappa shape index (κ3) is 2.98. The highest BCUT2D eigenvalue weighted by atomic mass is 35.5. The molecule has 5 nitrogen and oxygen atoms in total. The number of carbonyl (C=O) groups excluding carboxylic acids is 2. The van der Waals surface area contributed by atoms with Crippen molar-refractivity contribution < 1.29 is 9.59 Å². The van der Waals surface area contributed by atoms with Gasteiger partial charge in [0, 0.05) is 17.9 Å². The Hall–Kier alpha value is -2.79. The first-order chi connectivity index (χ1) is 11.9. The number of nitrogens with one attached hydrogen (secondary N) is 1. The third-order valence-corrected chi connectivity index (χ3v) is 4.46.